The lowest BCUT2D eigenvalue weighted by atomic mass is 10.1. The summed E-state index contributed by atoms with van der Waals surface area (Å²) in [6.45, 7) is 1.55. The molecule has 1 saturated carbocycles. The average molecular weight is 427 g/mol. The van der Waals surface area contributed by atoms with Crippen molar-refractivity contribution in [1.82, 2.24) is 10.6 Å². The van der Waals surface area contributed by atoms with Crippen LogP contribution in [0.5, 0.6) is 0 Å². The highest BCUT2D eigenvalue weighted by Gasteiger charge is 2.28. The third kappa shape index (κ3) is 6.71. The van der Waals surface area contributed by atoms with Gasteiger partial charge in [-0.1, -0.05) is 36.6 Å². The highest BCUT2D eigenvalue weighted by Crippen LogP contribution is 2.18. The summed E-state index contributed by atoms with van der Waals surface area (Å²) in [5.74, 6) is -0.716. The van der Waals surface area contributed by atoms with Crippen molar-refractivity contribution in [3.8, 4) is 0 Å². The number of thioether (sulfide) groups is 1. The molecule has 0 spiro atoms. The molecule has 154 valence electrons. The summed E-state index contributed by atoms with van der Waals surface area (Å²) in [5.41, 5.74) is 0.290. The maximum atomic E-state index is 12.6. The van der Waals surface area contributed by atoms with Gasteiger partial charge in [0.05, 0.1) is 10.6 Å². The van der Waals surface area contributed by atoms with Gasteiger partial charge in [-0.3, -0.25) is 9.59 Å². The number of nitrogens with one attached hydrogen (secondary N) is 2. The first-order chi connectivity index (χ1) is 13.4. The van der Waals surface area contributed by atoms with E-state index in [1.165, 1.54) is 0 Å². The number of hydrogen-bond donors (Lipinski definition) is 2. The number of esters is 1. The standard InChI is InChI=1S/C20H27ClN2O4S/c1-13(18(24)22-14-7-3-4-8-14)27-20(26)17(11-12-28-2)23-19(25)15-9-5-6-10-16(15)21/h5-6,9-10,13-14,17H,3-4,7-8,11-12H2,1-2H3,(H,22,24)(H,23,25). The second kappa shape index (κ2) is 11.3. The van der Waals surface area contributed by atoms with E-state index in [-0.39, 0.29) is 17.5 Å². The van der Waals surface area contributed by atoms with E-state index in [9.17, 15) is 14.4 Å². The van der Waals surface area contributed by atoms with Crippen molar-refractivity contribution >= 4 is 41.1 Å². The lowest BCUT2D eigenvalue weighted by Gasteiger charge is -2.21. The molecule has 0 heterocycles. The van der Waals surface area contributed by atoms with Crippen LogP contribution in [-0.4, -0.2) is 48.0 Å². The van der Waals surface area contributed by atoms with Crippen LogP contribution in [0.3, 0.4) is 0 Å². The molecule has 0 radical (unpaired) electrons. The molecule has 2 N–H and O–H groups in total. The molecule has 6 nitrogen and oxygen atoms in total. The molecular weight excluding hydrogens is 400 g/mol. The molecule has 2 unspecified atom stereocenters. The van der Waals surface area contributed by atoms with E-state index in [4.69, 9.17) is 16.3 Å². The quantitative estimate of drug-likeness (QED) is 0.592. The smallest absolute Gasteiger partial charge is 0.329 e. The molecule has 0 aliphatic heterocycles. The van der Waals surface area contributed by atoms with Crippen LogP contribution >= 0.6 is 23.4 Å². The molecule has 2 amide bonds. The van der Waals surface area contributed by atoms with E-state index in [0.29, 0.717) is 17.2 Å². The summed E-state index contributed by atoms with van der Waals surface area (Å²) in [7, 11) is 0. The van der Waals surface area contributed by atoms with Crippen LogP contribution in [0.15, 0.2) is 24.3 Å². The molecule has 28 heavy (non-hydrogen) atoms. The van der Waals surface area contributed by atoms with Crippen molar-refractivity contribution in [2.24, 2.45) is 0 Å². The summed E-state index contributed by atoms with van der Waals surface area (Å²) in [6, 6.07) is 5.93. The van der Waals surface area contributed by atoms with E-state index < -0.39 is 24.0 Å². The Balaban J connectivity index is 1.96. The van der Waals surface area contributed by atoms with Crippen LogP contribution < -0.4 is 10.6 Å². The molecule has 0 bridgehead atoms. The summed E-state index contributed by atoms with van der Waals surface area (Å²) >= 11 is 7.61. The van der Waals surface area contributed by atoms with Crippen LogP contribution in [0.4, 0.5) is 0 Å². The average Bonchev–Trinajstić information content (AvgIpc) is 3.18. The van der Waals surface area contributed by atoms with E-state index in [1.54, 1.807) is 43.0 Å². The second-order valence-electron chi connectivity index (χ2n) is 6.86. The third-order valence-electron chi connectivity index (χ3n) is 4.68. The molecule has 1 aromatic rings. The molecule has 2 rings (SSSR count). The van der Waals surface area contributed by atoms with Crippen molar-refractivity contribution < 1.29 is 19.1 Å². The maximum Gasteiger partial charge on any atom is 0.329 e. The lowest BCUT2D eigenvalue weighted by molar-refractivity contribution is -0.156. The molecule has 1 fully saturated rings. The number of carbonyl (C=O) groups is 3. The van der Waals surface area contributed by atoms with Gasteiger partial charge >= 0.3 is 5.97 Å². The highest BCUT2D eigenvalue weighted by atomic mass is 35.5. The largest absolute Gasteiger partial charge is 0.451 e. The second-order valence-corrected chi connectivity index (χ2v) is 8.25. The Morgan fingerprint density at radius 1 is 1.25 bits per heavy atom. The van der Waals surface area contributed by atoms with Gasteiger partial charge in [-0.15, -0.1) is 0 Å². The Morgan fingerprint density at radius 2 is 1.93 bits per heavy atom. The molecule has 1 aliphatic carbocycles. The molecule has 1 aliphatic rings. The first-order valence-corrected chi connectivity index (χ1v) is 11.2. The van der Waals surface area contributed by atoms with Gasteiger partial charge < -0.3 is 15.4 Å². The number of halogens is 1. The first-order valence-electron chi connectivity index (χ1n) is 9.47. The number of hydrogen-bond acceptors (Lipinski definition) is 5. The number of ether oxygens (including phenoxy) is 1. The Morgan fingerprint density at radius 3 is 2.57 bits per heavy atom. The Hall–Kier alpha value is -1.73. The number of amides is 2. The summed E-state index contributed by atoms with van der Waals surface area (Å²) in [4.78, 5) is 37.4. The van der Waals surface area contributed by atoms with Crippen molar-refractivity contribution in [1.29, 1.82) is 0 Å². The zero-order chi connectivity index (χ0) is 20.5. The van der Waals surface area contributed by atoms with Crippen LogP contribution in [-0.2, 0) is 14.3 Å². The van der Waals surface area contributed by atoms with E-state index in [2.05, 4.69) is 10.6 Å². The highest BCUT2D eigenvalue weighted by molar-refractivity contribution is 7.98. The Bertz CT molecular complexity index is 695. The minimum Gasteiger partial charge on any atom is -0.451 e. The Kier molecular flexibility index (Phi) is 9.12. The fraction of sp³-hybridized carbons (Fsp3) is 0.550. The van der Waals surface area contributed by atoms with Crippen LogP contribution in [0.25, 0.3) is 0 Å². The van der Waals surface area contributed by atoms with Gasteiger partial charge in [0.2, 0.25) is 0 Å². The van der Waals surface area contributed by atoms with Gasteiger partial charge in [0.25, 0.3) is 11.8 Å². The van der Waals surface area contributed by atoms with Gasteiger partial charge in [0.1, 0.15) is 6.04 Å². The molecule has 1 aromatic carbocycles. The Labute approximate surface area is 175 Å². The number of benzene rings is 1. The minimum absolute atomic E-state index is 0.154. The minimum atomic E-state index is -0.915. The topological polar surface area (TPSA) is 84.5 Å². The monoisotopic (exact) mass is 426 g/mol. The lowest BCUT2D eigenvalue weighted by Crippen LogP contribution is -2.46. The molecule has 0 aromatic heterocycles. The van der Waals surface area contributed by atoms with Crippen LogP contribution in [0.2, 0.25) is 5.02 Å². The van der Waals surface area contributed by atoms with E-state index in [1.807, 2.05) is 6.26 Å². The van der Waals surface area contributed by atoms with Gasteiger partial charge in [0, 0.05) is 6.04 Å². The summed E-state index contributed by atoms with van der Waals surface area (Å²) in [6.07, 6.45) is 5.51. The van der Waals surface area contributed by atoms with Gasteiger partial charge in [-0.25, -0.2) is 4.79 Å². The zero-order valence-electron chi connectivity index (χ0n) is 16.2. The normalized spacial score (nSPS) is 16.2. The van der Waals surface area contributed by atoms with Gasteiger partial charge in [-0.05, 0) is 50.3 Å². The van der Waals surface area contributed by atoms with E-state index >= 15 is 0 Å². The predicted molar refractivity (Wildman–Crippen MR) is 112 cm³/mol. The van der Waals surface area contributed by atoms with Gasteiger partial charge in [-0.2, -0.15) is 11.8 Å². The molecule has 0 saturated heterocycles. The first kappa shape index (κ1) is 22.6. The van der Waals surface area contributed by atoms with Crippen molar-refractivity contribution in [3.63, 3.8) is 0 Å². The van der Waals surface area contributed by atoms with Crippen molar-refractivity contribution in [2.45, 2.75) is 57.2 Å². The predicted octanol–water partition coefficient (Wildman–Crippen LogP) is 3.18. The molecule has 2 atom stereocenters. The van der Waals surface area contributed by atoms with Crippen LogP contribution in [0, 0.1) is 0 Å². The SMILES string of the molecule is CSCCC(NC(=O)c1ccccc1Cl)C(=O)OC(C)C(=O)NC1CCCC1. The molecule has 8 heteroatoms. The van der Waals surface area contributed by atoms with E-state index in [0.717, 1.165) is 25.7 Å². The number of rotatable bonds is 9. The molecular formula is C20H27ClN2O4S. The fourth-order valence-corrected chi connectivity index (χ4v) is 3.76. The van der Waals surface area contributed by atoms with Crippen molar-refractivity contribution in [2.75, 3.05) is 12.0 Å². The summed E-state index contributed by atoms with van der Waals surface area (Å²) in [5, 5.41) is 5.91. The summed E-state index contributed by atoms with van der Waals surface area (Å²) < 4.78 is 5.34. The zero-order valence-corrected chi connectivity index (χ0v) is 17.8. The maximum absolute atomic E-state index is 12.6. The van der Waals surface area contributed by atoms with Gasteiger partial charge in [0.15, 0.2) is 6.10 Å². The number of carbonyl (C=O) groups excluding carboxylic acids is 3. The van der Waals surface area contributed by atoms with Crippen molar-refractivity contribution in [3.05, 3.63) is 34.9 Å². The fourth-order valence-electron chi connectivity index (χ4n) is 3.06. The third-order valence-corrected chi connectivity index (χ3v) is 5.66. The van der Waals surface area contributed by atoms with Crippen LogP contribution in [0.1, 0.15) is 49.4 Å².